The van der Waals surface area contributed by atoms with Gasteiger partial charge < -0.3 is 15.2 Å². The maximum atomic E-state index is 5.08. The Bertz CT molecular complexity index is 354. The molecular weight excluding hydrogens is 192 g/mol. The number of aliphatic imine (C=N–C) groups is 1. The fourth-order valence-electron chi connectivity index (χ4n) is 1.29. The first-order valence-electron chi connectivity index (χ1n) is 5.17. The molecule has 1 aromatic rings. The van der Waals surface area contributed by atoms with Crippen molar-refractivity contribution in [2.24, 2.45) is 4.99 Å². The second kappa shape index (κ2) is 4.33. The molecule has 82 valence electrons. The lowest BCUT2D eigenvalue weighted by atomic mass is 10.4. The normalized spacial score (nSPS) is 16.5. The van der Waals surface area contributed by atoms with E-state index >= 15 is 0 Å². The van der Waals surface area contributed by atoms with E-state index in [-0.39, 0.29) is 0 Å². The van der Waals surface area contributed by atoms with Crippen LogP contribution in [0.25, 0.3) is 0 Å². The van der Waals surface area contributed by atoms with Gasteiger partial charge in [-0.25, -0.2) is 0 Å². The molecule has 0 atom stereocenters. The minimum absolute atomic E-state index is 0.604. The summed E-state index contributed by atoms with van der Waals surface area (Å²) in [6.07, 6.45) is 2.48. The summed E-state index contributed by atoms with van der Waals surface area (Å²) in [5.74, 6) is 1.65. The van der Waals surface area contributed by atoms with Gasteiger partial charge in [-0.05, 0) is 19.8 Å². The molecule has 5 heteroatoms. The summed E-state index contributed by atoms with van der Waals surface area (Å²) in [6, 6.07) is 2.52. The Hall–Kier alpha value is -1.52. The van der Waals surface area contributed by atoms with Gasteiger partial charge in [0.1, 0.15) is 0 Å². The summed E-state index contributed by atoms with van der Waals surface area (Å²) in [7, 11) is 1.77. The Morgan fingerprint density at radius 2 is 2.47 bits per heavy atom. The van der Waals surface area contributed by atoms with E-state index in [0.29, 0.717) is 12.6 Å². The predicted octanol–water partition coefficient (Wildman–Crippen LogP) is 0.810. The van der Waals surface area contributed by atoms with Crippen LogP contribution in [0.3, 0.4) is 0 Å². The fraction of sp³-hybridized carbons (Fsp3) is 0.600. The second-order valence-corrected chi connectivity index (χ2v) is 3.78. The average molecular weight is 208 g/mol. The van der Waals surface area contributed by atoms with Crippen LogP contribution in [0.1, 0.15) is 24.3 Å². The molecule has 1 saturated carbocycles. The highest BCUT2D eigenvalue weighted by atomic mass is 16.5. The Balaban J connectivity index is 1.80. The van der Waals surface area contributed by atoms with E-state index in [1.165, 1.54) is 12.8 Å². The standard InChI is InChI=1S/C10H16N4O/c1-7-5-9(15-14-7)6-12-10(11-2)13-8-3-4-8/h5,8H,3-4,6H2,1-2H3,(H2,11,12,13). The SMILES string of the molecule is CN=C(NCc1cc(C)no1)NC1CC1. The summed E-state index contributed by atoms with van der Waals surface area (Å²) in [5.41, 5.74) is 0.900. The number of guanidine groups is 1. The third kappa shape index (κ3) is 2.97. The highest BCUT2D eigenvalue weighted by Gasteiger charge is 2.22. The Morgan fingerprint density at radius 1 is 1.67 bits per heavy atom. The first-order valence-corrected chi connectivity index (χ1v) is 5.17. The van der Waals surface area contributed by atoms with Crippen molar-refractivity contribution in [1.82, 2.24) is 15.8 Å². The van der Waals surface area contributed by atoms with Crippen LogP contribution in [0.2, 0.25) is 0 Å². The van der Waals surface area contributed by atoms with Crippen molar-refractivity contribution in [1.29, 1.82) is 0 Å². The Morgan fingerprint density at radius 3 is 3.00 bits per heavy atom. The van der Waals surface area contributed by atoms with E-state index < -0.39 is 0 Å². The summed E-state index contributed by atoms with van der Waals surface area (Å²) in [4.78, 5) is 4.12. The molecule has 0 unspecified atom stereocenters. The molecule has 15 heavy (non-hydrogen) atoms. The highest BCUT2D eigenvalue weighted by Crippen LogP contribution is 2.18. The van der Waals surface area contributed by atoms with Gasteiger partial charge >= 0.3 is 0 Å². The minimum Gasteiger partial charge on any atom is -0.359 e. The quantitative estimate of drug-likeness (QED) is 0.570. The van der Waals surface area contributed by atoms with Gasteiger partial charge in [-0.2, -0.15) is 0 Å². The largest absolute Gasteiger partial charge is 0.359 e. The van der Waals surface area contributed by atoms with E-state index in [4.69, 9.17) is 4.52 Å². The molecule has 0 aliphatic heterocycles. The molecule has 1 aliphatic rings. The summed E-state index contributed by atoms with van der Waals surface area (Å²) in [6.45, 7) is 2.53. The van der Waals surface area contributed by atoms with Crippen LogP contribution < -0.4 is 10.6 Å². The lowest BCUT2D eigenvalue weighted by molar-refractivity contribution is 0.376. The molecule has 1 aliphatic carbocycles. The summed E-state index contributed by atoms with van der Waals surface area (Å²) >= 11 is 0. The van der Waals surface area contributed by atoms with E-state index in [2.05, 4.69) is 20.8 Å². The van der Waals surface area contributed by atoms with Crippen LogP contribution in [0.5, 0.6) is 0 Å². The maximum Gasteiger partial charge on any atom is 0.191 e. The molecule has 1 heterocycles. The first kappa shape index (κ1) is 10.0. The molecule has 0 saturated heterocycles. The Labute approximate surface area is 88.9 Å². The van der Waals surface area contributed by atoms with Crippen LogP contribution in [-0.4, -0.2) is 24.2 Å². The molecule has 2 N–H and O–H groups in total. The number of hydrogen-bond donors (Lipinski definition) is 2. The van der Waals surface area contributed by atoms with E-state index in [9.17, 15) is 0 Å². The molecular formula is C10H16N4O. The number of nitrogens with zero attached hydrogens (tertiary/aromatic N) is 2. The fourth-order valence-corrected chi connectivity index (χ4v) is 1.29. The second-order valence-electron chi connectivity index (χ2n) is 3.78. The number of rotatable bonds is 3. The number of aromatic nitrogens is 1. The molecule has 0 aromatic carbocycles. The van der Waals surface area contributed by atoms with Crippen molar-refractivity contribution in [2.75, 3.05) is 7.05 Å². The Kier molecular flexibility index (Phi) is 2.89. The molecule has 1 fully saturated rings. The monoisotopic (exact) mass is 208 g/mol. The molecule has 0 amide bonds. The number of aryl methyl sites for hydroxylation is 1. The van der Waals surface area contributed by atoms with E-state index in [0.717, 1.165) is 17.4 Å². The zero-order chi connectivity index (χ0) is 10.7. The zero-order valence-electron chi connectivity index (χ0n) is 9.08. The first-order chi connectivity index (χ1) is 7.28. The van der Waals surface area contributed by atoms with Gasteiger partial charge in [0.2, 0.25) is 0 Å². The third-order valence-electron chi connectivity index (χ3n) is 2.25. The topological polar surface area (TPSA) is 62.5 Å². The lowest BCUT2D eigenvalue weighted by Gasteiger charge is -2.08. The van der Waals surface area contributed by atoms with Gasteiger partial charge in [-0.15, -0.1) is 0 Å². The molecule has 0 spiro atoms. The van der Waals surface area contributed by atoms with Crippen LogP contribution in [0.15, 0.2) is 15.6 Å². The van der Waals surface area contributed by atoms with Crippen LogP contribution in [-0.2, 0) is 6.54 Å². The van der Waals surface area contributed by atoms with Crippen molar-refractivity contribution in [2.45, 2.75) is 32.4 Å². The predicted molar refractivity (Wildman–Crippen MR) is 57.6 cm³/mol. The lowest BCUT2D eigenvalue weighted by Crippen LogP contribution is -2.37. The molecule has 2 rings (SSSR count). The maximum absolute atomic E-state index is 5.08. The van der Waals surface area contributed by atoms with Crippen LogP contribution in [0, 0.1) is 6.92 Å². The van der Waals surface area contributed by atoms with Crippen LogP contribution >= 0.6 is 0 Å². The van der Waals surface area contributed by atoms with Crippen molar-refractivity contribution in [3.63, 3.8) is 0 Å². The molecule has 5 nitrogen and oxygen atoms in total. The zero-order valence-corrected chi connectivity index (χ0v) is 9.08. The van der Waals surface area contributed by atoms with Crippen LogP contribution in [0.4, 0.5) is 0 Å². The smallest absolute Gasteiger partial charge is 0.191 e. The van der Waals surface area contributed by atoms with Crippen molar-refractivity contribution < 1.29 is 4.52 Å². The van der Waals surface area contributed by atoms with Gasteiger partial charge in [0, 0.05) is 19.2 Å². The number of hydrogen-bond acceptors (Lipinski definition) is 3. The van der Waals surface area contributed by atoms with Gasteiger partial charge in [0.05, 0.1) is 12.2 Å². The van der Waals surface area contributed by atoms with Crippen molar-refractivity contribution in [3.05, 3.63) is 17.5 Å². The number of nitrogens with one attached hydrogen (secondary N) is 2. The molecule has 0 radical (unpaired) electrons. The molecule has 1 aromatic heterocycles. The van der Waals surface area contributed by atoms with E-state index in [1.807, 2.05) is 13.0 Å². The third-order valence-corrected chi connectivity index (χ3v) is 2.25. The highest BCUT2D eigenvalue weighted by molar-refractivity contribution is 5.80. The van der Waals surface area contributed by atoms with E-state index in [1.54, 1.807) is 7.05 Å². The van der Waals surface area contributed by atoms with Crippen molar-refractivity contribution >= 4 is 5.96 Å². The molecule has 0 bridgehead atoms. The van der Waals surface area contributed by atoms with Gasteiger partial charge in [-0.1, -0.05) is 5.16 Å². The summed E-state index contributed by atoms with van der Waals surface area (Å²) in [5, 5.41) is 10.3. The van der Waals surface area contributed by atoms with Gasteiger partial charge in [0.25, 0.3) is 0 Å². The van der Waals surface area contributed by atoms with Gasteiger partial charge in [-0.3, -0.25) is 4.99 Å². The van der Waals surface area contributed by atoms with Gasteiger partial charge in [0.15, 0.2) is 11.7 Å². The average Bonchev–Trinajstić information content (AvgIpc) is 2.95. The van der Waals surface area contributed by atoms with Crippen molar-refractivity contribution in [3.8, 4) is 0 Å². The summed E-state index contributed by atoms with van der Waals surface area (Å²) < 4.78 is 5.08. The minimum atomic E-state index is 0.604.